The molecule has 0 heterocycles. The summed E-state index contributed by atoms with van der Waals surface area (Å²) < 4.78 is 27.6. The molecule has 0 N–H and O–H groups in total. The van der Waals surface area contributed by atoms with Crippen molar-refractivity contribution in [3.63, 3.8) is 0 Å². The van der Waals surface area contributed by atoms with Gasteiger partial charge in [0.1, 0.15) is 28.6 Å². The number of esters is 5. The molecule has 0 aliphatic carbocycles. The molecule has 0 aliphatic heterocycles. The van der Waals surface area contributed by atoms with Gasteiger partial charge >= 0.3 is 29.8 Å². The van der Waals surface area contributed by atoms with Crippen molar-refractivity contribution in [2.75, 3.05) is 6.61 Å². The van der Waals surface area contributed by atoms with E-state index in [1.807, 2.05) is 24.3 Å². The van der Waals surface area contributed by atoms with Crippen molar-refractivity contribution in [2.24, 2.45) is 0 Å². The maximum Gasteiger partial charge on any atom is 0.343 e. The SMILES string of the molecule is CCCc1ccc(CCC(=O)Oc2ccc(C(=O)Oc3ccc4cc(OC(=O)c5ccc(OC(=O)CCc6ccc(CCC)cc6)cc5)c(C(=O)OCC)cc4c3)cc2)cc1. The minimum Gasteiger partial charge on any atom is -0.462 e. The third kappa shape index (κ3) is 12.5. The summed E-state index contributed by atoms with van der Waals surface area (Å²) in [5, 5.41) is 1.11. The predicted octanol–water partition coefficient (Wildman–Crippen LogP) is 10.4. The number of aryl methyl sites for hydroxylation is 4. The third-order valence-corrected chi connectivity index (χ3v) is 9.82. The molecule has 6 aromatic carbocycles. The minimum absolute atomic E-state index is 0.00764. The van der Waals surface area contributed by atoms with E-state index in [2.05, 4.69) is 38.1 Å². The van der Waals surface area contributed by atoms with Crippen molar-refractivity contribution in [1.82, 2.24) is 0 Å². The van der Waals surface area contributed by atoms with E-state index in [9.17, 15) is 24.0 Å². The van der Waals surface area contributed by atoms with E-state index in [0.717, 1.165) is 36.8 Å². The number of rotatable bonds is 18. The summed E-state index contributed by atoms with van der Waals surface area (Å²) in [6.45, 7) is 6.01. The molecule has 0 radical (unpaired) electrons. The number of ether oxygens (including phenoxy) is 5. The van der Waals surface area contributed by atoms with Crippen LogP contribution in [0, 0.1) is 0 Å². The summed E-state index contributed by atoms with van der Waals surface area (Å²) in [5.74, 6) is -2.11. The van der Waals surface area contributed by atoms with Gasteiger partial charge in [0.25, 0.3) is 0 Å². The van der Waals surface area contributed by atoms with E-state index in [0.29, 0.717) is 29.4 Å². The molecule has 0 aromatic heterocycles. The van der Waals surface area contributed by atoms with Crippen LogP contribution in [0.5, 0.6) is 23.0 Å². The van der Waals surface area contributed by atoms with Crippen molar-refractivity contribution >= 4 is 40.6 Å². The fourth-order valence-corrected chi connectivity index (χ4v) is 6.59. The van der Waals surface area contributed by atoms with Gasteiger partial charge in [-0.05, 0) is 138 Å². The number of carbonyl (C=O) groups is 5. The quantitative estimate of drug-likeness (QED) is 0.0610. The number of benzene rings is 6. The van der Waals surface area contributed by atoms with Crippen LogP contribution in [0.4, 0.5) is 0 Å². The highest BCUT2D eigenvalue weighted by molar-refractivity contribution is 6.01. The molecule has 6 aromatic rings. The molecule has 0 spiro atoms. The van der Waals surface area contributed by atoms with Gasteiger partial charge in [0.05, 0.1) is 17.7 Å². The Hall–Kier alpha value is -7.07. The summed E-state index contributed by atoms with van der Waals surface area (Å²) in [5.41, 5.74) is 5.02. The van der Waals surface area contributed by atoms with Crippen LogP contribution in [0.2, 0.25) is 0 Å². The van der Waals surface area contributed by atoms with E-state index in [-0.39, 0.29) is 59.4 Å². The van der Waals surface area contributed by atoms with Crippen LogP contribution in [0.15, 0.2) is 127 Å². The zero-order valence-corrected chi connectivity index (χ0v) is 34.6. The average Bonchev–Trinajstić information content (AvgIpc) is 3.26. The minimum atomic E-state index is -0.742. The zero-order valence-electron chi connectivity index (χ0n) is 34.6. The Labute approximate surface area is 355 Å². The van der Waals surface area contributed by atoms with Crippen molar-refractivity contribution in [1.29, 1.82) is 0 Å². The van der Waals surface area contributed by atoms with Gasteiger partial charge in [-0.1, -0.05) is 81.3 Å². The zero-order chi connectivity index (χ0) is 43.1. The largest absolute Gasteiger partial charge is 0.462 e. The predicted molar refractivity (Wildman–Crippen MR) is 231 cm³/mol. The Morgan fingerprint density at radius 3 is 1.31 bits per heavy atom. The molecule has 0 aliphatic rings. The second-order valence-corrected chi connectivity index (χ2v) is 14.5. The second-order valence-electron chi connectivity index (χ2n) is 14.5. The molecule has 0 atom stereocenters. The van der Waals surface area contributed by atoms with Crippen LogP contribution in [0.25, 0.3) is 10.8 Å². The van der Waals surface area contributed by atoms with Gasteiger partial charge in [-0.25, -0.2) is 14.4 Å². The van der Waals surface area contributed by atoms with E-state index in [1.54, 1.807) is 25.1 Å². The third-order valence-electron chi connectivity index (χ3n) is 9.82. The van der Waals surface area contributed by atoms with E-state index < -0.39 is 23.9 Å². The first kappa shape index (κ1) is 43.5. The van der Waals surface area contributed by atoms with E-state index in [4.69, 9.17) is 23.7 Å². The number of carbonyl (C=O) groups excluding carboxylic acids is 5. The Morgan fingerprint density at radius 1 is 0.410 bits per heavy atom. The van der Waals surface area contributed by atoms with E-state index >= 15 is 0 Å². The lowest BCUT2D eigenvalue weighted by molar-refractivity contribution is -0.135. The first-order chi connectivity index (χ1) is 29.6. The van der Waals surface area contributed by atoms with Crippen molar-refractivity contribution < 1.29 is 47.7 Å². The Balaban J connectivity index is 1.05. The summed E-state index contributed by atoms with van der Waals surface area (Å²) >= 11 is 0. The number of hydrogen-bond donors (Lipinski definition) is 0. The Bertz CT molecular complexity index is 2470. The van der Waals surface area contributed by atoms with Gasteiger partial charge in [0.2, 0.25) is 0 Å². The molecule has 0 unspecified atom stereocenters. The van der Waals surface area contributed by atoms with Crippen LogP contribution in [0.3, 0.4) is 0 Å². The first-order valence-electron chi connectivity index (χ1n) is 20.6. The Kier molecular flexibility index (Phi) is 15.2. The summed E-state index contributed by atoms with van der Waals surface area (Å²) in [6, 6.07) is 36.3. The fraction of sp³-hybridized carbons (Fsp3) is 0.235. The molecular formula is C51H48O10. The van der Waals surface area contributed by atoms with Crippen molar-refractivity contribution in [3.05, 3.63) is 166 Å². The van der Waals surface area contributed by atoms with Gasteiger partial charge in [-0.2, -0.15) is 0 Å². The lowest BCUT2D eigenvalue weighted by Crippen LogP contribution is -2.13. The normalized spacial score (nSPS) is 10.8. The molecule has 0 amide bonds. The molecule has 10 heteroatoms. The van der Waals surface area contributed by atoms with Crippen LogP contribution in [-0.2, 0) is 40.0 Å². The monoisotopic (exact) mass is 820 g/mol. The van der Waals surface area contributed by atoms with Crippen molar-refractivity contribution in [2.45, 2.75) is 72.1 Å². The lowest BCUT2D eigenvalue weighted by Gasteiger charge is -2.13. The molecule has 6 rings (SSSR count). The highest BCUT2D eigenvalue weighted by atomic mass is 16.6. The summed E-state index contributed by atoms with van der Waals surface area (Å²) in [7, 11) is 0. The van der Waals surface area contributed by atoms with Crippen LogP contribution < -0.4 is 18.9 Å². The van der Waals surface area contributed by atoms with Crippen LogP contribution in [-0.4, -0.2) is 36.5 Å². The molecule has 0 fully saturated rings. The summed E-state index contributed by atoms with van der Waals surface area (Å²) in [6.07, 6.45) is 5.69. The van der Waals surface area contributed by atoms with Gasteiger partial charge in [-0.3, -0.25) is 9.59 Å². The number of hydrogen-bond acceptors (Lipinski definition) is 10. The fourth-order valence-electron chi connectivity index (χ4n) is 6.59. The molecule has 61 heavy (non-hydrogen) atoms. The molecule has 0 saturated carbocycles. The molecule has 10 nitrogen and oxygen atoms in total. The lowest BCUT2D eigenvalue weighted by atomic mass is 10.0. The van der Waals surface area contributed by atoms with Crippen LogP contribution in [0.1, 0.15) is 99.8 Å². The van der Waals surface area contributed by atoms with Gasteiger partial charge in [0.15, 0.2) is 0 Å². The highest BCUT2D eigenvalue weighted by Crippen LogP contribution is 2.31. The smallest absolute Gasteiger partial charge is 0.343 e. The molecule has 312 valence electrons. The Morgan fingerprint density at radius 2 is 0.852 bits per heavy atom. The highest BCUT2D eigenvalue weighted by Gasteiger charge is 2.20. The number of fused-ring (bicyclic) bond motifs is 1. The second kappa shape index (κ2) is 21.3. The molecule has 0 bridgehead atoms. The van der Waals surface area contributed by atoms with Crippen LogP contribution >= 0.6 is 0 Å². The summed E-state index contributed by atoms with van der Waals surface area (Å²) in [4.78, 5) is 64.4. The maximum absolute atomic E-state index is 13.3. The van der Waals surface area contributed by atoms with Gasteiger partial charge < -0.3 is 23.7 Å². The first-order valence-corrected chi connectivity index (χ1v) is 20.6. The van der Waals surface area contributed by atoms with Gasteiger partial charge in [-0.15, -0.1) is 0 Å². The standard InChI is InChI=1S/C51H48O10/c1-4-7-34-9-13-36(14-10-34)17-29-47(52)58-42-24-19-38(20-25-42)49(54)60-44-28-23-40-33-46(45(32-41(40)31-44)51(56)57-6-3)61-50(55)39-21-26-43(27-22-39)59-48(53)30-18-37-15-11-35(8-5-2)12-16-37/h9-16,19-28,31-33H,4-8,17-18,29-30H2,1-3H3. The van der Waals surface area contributed by atoms with E-state index in [1.165, 1.54) is 71.8 Å². The topological polar surface area (TPSA) is 132 Å². The maximum atomic E-state index is 13.3. The van der Waals surface area contributed by atoms with Gasteiger partial charge in [0, 0.05) is 12.8 Å². The average molecular weight is 821 g/mol. The van der Waals surface area contributed by atoms with Crippen molar-refractivity contribution in [3.8, 4) is 23.0 Å². The molecular weight excluding hydrogens is 773 g/mol. The molecule has 0 saturated heterocycles.